The first-order valence-corrected chi connectivity index (χ1v) is 16.1. The largest absolute Gasteiger partial charge is 0.486 e. The fourth-order valence-corrected chi connectivity index (χ4v) is 5.27. The molecule has 1 saturated carbocycles. The first kappa shape index (κ1) is 33.7. The highest BCUT2D eigenvalue weighted by atomic mass is 19.1. The number of amides is 3. The quantitative estimate of drug-likeness (QED) is 0.304. The van der Waals surface area contributed by atoms with Crippen molar-refractivity contribution in [2.45, 2.75) is 65.5 Å². The Morgan fingerprint density at radius 2 is 1.85 bits per heavy atom. The van der Waals surface area contributed by atoms with Crippen molar-refractivity contribution in [3.8, 4) is 5.75 Å². The van der Waals surface area contributed by atoms with Crippen LogP contribution in [0.1, 0.15) is 69.4 Å². The Balaban J connectivity index is 1.56. The van der Waals surface area contributed by atoms with Gasteiger partial charge in [-0.15, -0.1) is 0 Å². The molecule has 2 fully saturated rings. The minimum atomic E-state index is -0.719. The first-order valence-electron chi connectivity index (χ1n) is 16.1. The summed E-state index contributed by atoms with van der Waals surface area (Å²) >= 11 is 0. The van der Waals surface area contributed by atoms with E-state index in [9.17, 15) is 23.6 Å². The number of carbonyl (C=O) groups excluding carboxylic acids is 3. The molecular formula is C34H43FN6O6. The summed E-state index contributed by atoms with van der Waals surface area (Å²) in [5.41, 5.74) is 0.274. The Hall–Kier alpha value is -4.68. The second-order valence-corrected chi connectivity index (χ2v) is 13.2. The molecule has 2 aromatic heterocycles. The minimum Gasteiger partial charge on any atom is -0.486 e. The van der Waals surface area contributed by atoms with Gasteiger partial charge in [-0.1, -0.05) is 25.5 Å². The number of nitrogens with one attached hydrogen (secondary N) is 1. The fourth-order valence-electron chi connectivity index (χ4n) is 5.27. The van der Waals surface area contributed by atoms with E-state index in [1.807, 2.05) is 18.9 Å². The predicted molar refractivity (Wildman–Crippen MR) is 176 cm³/mol. The predicted octanol–water partition coefficient (Wildman–Crippen LogP) is 4.37. The van der Waals surface area contributed by atoms with E-state index in [1.54, 1.807) is 45.2 Å². The number of aromatic nitrogens is 2. The summed E-state index contributed by atoms with van der Waals surface area (Å²) in [4.78, 5) is 63.7. The molecule has 1 N–H and O–H groups in total. The highest BCUT2D eigenvalue weighted by Crippen LogP contribution is 2.33. The third-order valence-electron chi connectivity index (χ3n) is 8.01. The van der Waals surface area contributed by atoms with Crippen molar-refractivity contribution in [1.29, 1.82) is 0 Å². The molecule has 1 aliphatic carbocycles. The maximum atomic E-state index is 14.1. The van der Waals surface area contributed by atoms with Crippen LogP contribution in [-0.2, 0) is 16.1 Å². The molecule has 0 spiro atoms. The van der Waals surface area contributed by atoms with Gasteiger partial charge in [-0.3, -0.25) is 23.7 Å². The molecule has 2 aliphatic rings. The van der Waals surface area contributed by atoms with Crippen LogP contribution >= 0.6 is 0 Å². The Morgan fingerprint density at radius 1 is 1.13 bits per heavy atom. The zero-order valence-electron chi connectivity index (χ0n) is 27.7. The van der Waals surface area contributed by atoms with Crippen LogP contribution < -0.4 is 25.4 Å². The lowest BCUT2D eigenvalue weighted by Crippen LogP contribution is -2.53. The number of hydrogen-bond acceptors (Lipinski definition) is 8. The number of benzene rings is 1. The van der Waals surface area contributed by atoms with E-state index in [1.165, 1.54) is 26.3 Å². The van der Waals surface area contributed by atoms with Gasteiger partial charge in [0.1, 0.15) is 18.0 Å². The van der Waals surface area contributed by atoms with Crippen molar-refractivity contribution in [1.82, 2.24) is 19.6 Å². The van der Waals surface area contributed by atoms with Gasteiger partial charge in [0.15, 0.2) is 11.3 Å². The molecule has 252 valence electrons. The van der Waals surface area contributed by atoms with Crippen LogP contribution in [-0.4, -0.2) is 77.6 Å². The lowest BCUT2D eigenvalue weighted by molar-refractivity contribution is -0.121. The fraction of sp³-hybridized carbons (Fsp3) is 0.500. The van der Waals surface area contributed by atoms with Crippen LogP contribution in [0.15, 0.2) is 41.3 Å². The number of anilines is 2. The van der Waals surface area contributed by atoms with Gasteiger partial charge in [-0.25, -0.2) is 14.2 Å². The van der Waals surface area contributed by atoms with Gasteiger partial charge in [0.05, 0.1) is 18.0 Å². The summed E-state index contributed by atoms with van der Waals surface area (Å²) in [7, 11) is 1.93. The molecule has 0 bridgehead atoms. The Kier molecular flexibility index (Phi) is 10.0. The van der Waals surface area contributed by atoms with Crippen LogP contribution in [0.25, 0.3) is 5.65 Å². The number of carbonyl (C=O) groups is 3. The van der Waals surface area contributed by atoms with Crippen LogP contribution in [0.4, 0.5) is 20.6 Å². The number of piperazine rings is 1. The van der Waals surface area contributed by atoms with Crippen molar-refractivity contribution < 1.29 is 28.2 Å². The zero-order valence-corrected chi connectivity index (χ0v) is 27.7. The summed E-state index contributed by atoms with van der Waals surface area (Å²) in [6.07, 6.45) is 4.80. The maximum Gasteiger partial charge on any atom is 0.410 e. The van der Waals surface area contributed by atoms with Crippen molar-refractivity contribution in [3.05, 3.63) is 64.0 Å². The number of hydrogen-bond donors (Lipinski definition) is 1. The molecule has 5 rings (SSSR count). The first-order chi connectivity index (χ1) is 22.3. The van der Waals surface area contributed by atoms with E-state index in [4.69, 9.17) is 9.47 Å². The molecule has 13 heteroatoms. The zero-order chi connectivity index (χ0) is 33.9. The number of unbranched alkanes of at least 4 members (excludes halogenated alkanes) is 1. The summed E-state index contributed by atoms with van der Waals surface area (Å²) in [5.74, 6) is -1.07. The average Bonchev–Trinajstić information content (AvgIpc) is 3.84. The van der Waals surface area contributed by atoms with Crippen LogP contribution in [0.2, 0.25) is 0 Å². The summed E-state index contributed by atoms with van der Waals surface area (Å²) in [6.45, 7) is 8.41. The van der Waals surface area contributed by atoms with E-state index in [0.29, 0.717) is 29.3 Å². The van der Waals surface area contributed by atoms with Crippen molar-refractivity contribution in [3.63, 3.8) is 0 Å². The molecule has 1 aliphatic heterocycles. The highest BCUT2D eigenvalue weighted by molar-refractivity contribution is 6.01. The number of fused-ring (bicyclic) bond motifs is 1. The summed E-state index contributed by atoms with van der Waals surface area (Å²) in [6, 6.07) is 7.49. The SMILES string of the molecule is CCCCOc1c(C(=O)NCc2ccc(F)cc2)nc2c(N3CCN(C(=O)OC(C)(C)C)CC3=O)cc(N(C)CC3CC3)cn2c1=O. The van der Waals surface area contributed by atoms with E-state index < -0.39 is 29.0 Å². The average molecular weight is 651 g/mol. The van der Waals surface area contributed by atoms with E-state index >= 15 is 0 Å². The normalized spacial score (nSPS) is 15.1. The minimum absolute atomic E-state index is 0.0669. The molecule has 1 saturated heterocycles. The van der Waals surface area contributed by atoms with Crippen LogP contribution in [0.5, 0.6) is 5.75 Å². The maximum absolute atomic E-state index is 14.1. The van der Waals surface area contributed by atoms with Gasteiger partial charge in [-0.2, -0.15) is 0 Å². The van der Waals surface area contributed by atoms with Crippen molar-refractivity contribution in [2.24, 2.45) is 5.92 Å². The van der Waals surface area contributed by atoms with Gasteiger partial charge in [-0.05, 0) is 69.7 Å². The Labute approximate surface area is 273 Å². The second kappa shape index (κ2) is 14.0. The molecule has 3 amide bonds. The monoisotopic (exact) mass is 650 g/mol. The second-order valence-electron chi connectivity index (χ2n) is 13.2. The topological polar surface area (TPSA) is 126 Å². The summed E-state index contributed by atoms with van der Waals surface area (Å²) < 4.78 is 26.1. The third-order valence-corrected chi connectivity index (χ3v) is 8.01. The molecular weight excluding hydrogens is 607 g/mol. The highest BCUT2D eigenvalue weighted by Gasteiger charge is 2.34. The smallest absolute Gasteiger partial charge is 0.410 e. The number of halogens is 1. The summed E-state index contributed by atoms with van der Waals surface area (Å²) in [5, 5.41) is 2.76. The molecule has 3 aromatic rings. The van der Waals surface area contributed by atoms with Gasteiger partial charge in [0, 0.05) is 39.4 Å². The van der Waals surface area contributed by atoms with Crippen LogP contribution in [0, 0.1) is 11.7 Å². The van der Waals surface area contributed by atoms with Crippen molar-refractivity contribution in [2.75, 3.05) is 49.6 Å². The number of ether oxygens (including phenoxy) is 2. The third kappa shape index (κ3) is 8.19. The van der Waals surface area contributed by atoms with Gasteiger partial charge in [0.25, 0.3) is 5.91 Å². The number of rotatable bonds is 11. The van der Waals surface area contributed by atoms with Gasteiger partial charge < -0.3 is 24.6 Å². The number of pyridine rings is 1. The number of nitrogens with zero attached hydrogens (tertiary/aromatic N) is 5. The Morgan fingerprint density at radius 3 is 2.49 bits per heavy atom. The van der Waals surface area contributed by atoms with Gasteiger partial charge in [0.2, 0.25) is 11.7 Å². The lowest BCUT2D eigenvalue weighted by atomic mass is 10.2. The van der Waals surface area contributed by atoms with E-state index in [-0.39, 0.29) is 55.8 Å². The van der Waals surface area contributed by atoms with E-state index in [0.717, 1.165) is 25.8 Å². The Bertz CT molecular complexity index is 1700. The molecule has 0 radical (unpaired) electrons. The standard InChI is InChI=1S/C34H43FN6O6/c1-6-7-16-46-29-28(31(43)36-18-22-10-12-24(35)13-11-22)37-30-26(17-25(20-41(30)32(29)44)38(5)19-23-8-9-23)40-15-14-39(21-27(40)42)33(45)47-34(2,3)4/h10-13,17,20,23H,6-9,14-16,18-19,21H2,1-5H3,(H,36,43). The van der Waals surface area contributed by atoms with Gasteiger partial charge >= 0.3 is 11.7 Å². The van der Waals surface area contributed by atoms with Crippen LogP contribution in [0.3, 0.4) is 0 Å². The molecule has 12 nitrogen and oxygen atoms in total. The lowest BCUT2D eigenvalue weighted by Gasteiger charge is -2.35. The molecule has 0 atom stereocenters. The molecule has 0 unspecified atom stereocenters. The van der Waals surface area contributed by atoms with Crippen molar-refractivity contribution >= 4 is 34.9 Å². The molecule has 47 heavy (non-hydrogen) atoms. The van der Waals surface area contributed by atoms with E-state index in [2.05, 4.69) is 10.3 Å². The molecule has 3 heterocycles. The molecule has 1 aromatic carbocycles.